The molecule has 1 amide bonds. The maximum Gasteiger partial charge on any atom is 0.220 e. The van der Waals surface area contributed by atoms with Gasteiger partial charge in [0.05, 0.1) is 0 Å². The lowest BCUT2D eigenvalue weighted by molar-refractivity contribution is -0.121. The van der Waals surface area contributed by atoms with E-state index in [1.807, 2.05) is 31.2 Å². The Hall–Kier alpha value is -1.06. The van der Waals surface area contributed by atoms with E-state index in [0.717, 1.165) is 17.0 Å². The van der Waals surface area contributed by atoms with Crippen LogP contribution in [0.15, 0.2) is 24.3 Å². The van der Waals surface area contributed by atoms with E-state index in [-0.39, 0.29) is 5.91 Å². The van der Waals surface area contributed by atoms with Gasteiger partial charge in [0.15, 0.2) is 0 Å². The maximum absolute atomic E-state index is 11.5. The van der Waals surface area contributed by atoms with Gasteiger partial charge in [-0.3, -0.25) is 4.79 Å². The number of nitrogens with two attached hydrogens (primary N) is 1. The molecule has 1 atom stereocenters. The molecule has 1 aromatic carbocycles. The molecule has 17 heavy (non-hydrogen) atoms. The van der Waals surface area contributed by atoms with Gasteiger partial charge < -0.3 is 11.1 Å². The van der Waals surface area contributed by atoms with E-state index in [4.69, 9.17) is 17.3 Å². The van der Waals surface area contributed by atoms with Crippen molar-refractivity contribution in [3.8, 4) is 0 Å². The number of carbonyl (C=O) groups excluding carboxylic acids is 1. The molecule has 0 heterocycles. The number of halogens is 1. The van der Waals surface area contributed by atoms with Crippen LogP contribution in [0.1, 0.15) is 18.9 Å². The van der Waals surface area contributed by atoms with Crippen molar-refractivity contribution >= 4 is 17.5 Å². The summed E-state index contributed by atoms with van der Waals surface area (Å²) in [4.78, 5) is 11.5. The Morgan fingerprint density at radius 2 is 2.06 bits per heavy atom. The molecule has 1 rings (SSSR count). The Balaban J connectivity index is 2.26. The Morgan fingerprint density at radius 1 is 1.41 bits per heavy atom. The van der Waals surface area contributed by atoms with Gasteiger partial charge in [0.25, 0.3) is 0 Å². The fourth-order valence-corrected chi connectivity index (χ4v) is 1.49. The molecular weight excluding hydrogens is 236 g/mol. The lowest BCUT2D eigenvalue weighted by Crippen LogP contribution is -2.31. The largest absolute Gasteiger partial charge is 0.356 e. The fraction of sp³-hybridized carbons (Fsp3) is 0.462. The van der Waals surface area contributed by atoms with E-state index < -0.39 is 0 Å². The third kappa shape index (κ3) is 5.71. The summed E-state index contributed by atoms with van der Waals surface area (Å²) in [5, 5.41) is 3.59. The van der Waals surface area contributed by atoms with Crippen molar-refractivity contribution in [2.75, 3.05) is 13.1 Å². The number of hydrogen-bond acceptors (Lipinski definition) is 2. The summed E-state index contributed by atoms with van der Waals surface area (Å²) >= 11 is 5.78. The van der Waals surface area contributed by atoms with Crippen LogP contribution in [0.25, 0.3) is 0 Å². The minimum atomic E-state index is 0.0697. The van der Waals surface area contributed by atoms with E-state index in [9.17, 15) is 4.79 Å². The lowest BCUT2D eigenvalue weighted by atomic mass is 10.1. The summed E-state index contributed by atoms with van der Waals surface area (Å²) < 4.78 is 0. The first-order valence-corrected chi connectivity index (χ1v) is 6.21. The van der Waals surface area contributed by atoms with Gasteiger partial charge in [0.2, 0.25) is 5.91 Å². The average molecular weight is 255 g/mol. The monoisotopic (exact) mass is 254 g/mol. The Bertz CT molecular complexity index is 351. The average Bonchev–Trinajstić information content (AvgIpc) is 2.35. The van der Waals surface area contributed by atoms with E-state index in [2.05, 4.69) is 5.32 Å². The molecule has 94 valence electrons. The second-order valence-electron chi connectivity index (χ2n) is 4.27. The molecule has 3 N–H and O–H groups in total. The van der Waals surface area contributed by atoms with Crippen LogP contribution in [0.4, 0.5) is 0 Å². The number of nitrogens with one attached hydrogen (secondary N) is 1. The van der Waals surface area contributed by atoms with Gasteiger partial charge >= 0.3 is 0 Å². The van der Waals surface area contributed by atoms with E-state index >= 15 is 0 Å². The highest BCUT2D eigenvalue weighted by molar-refractivity contribution is 6.30. The molecule has 4 heteroatoms. The van der Waals surface area contributed by atoms with Gasteiger partial charge in [-0.1, -0.05) is 30.7 Å². The lowest BCUT2D eigenvalue weighted by Gasteiger charge is -2.09. The third-order valence-electron chi connectivity index (χ3n) is 2.60. The quantitative estimate of drug-likeness (QED) is 0.816. The maximum atomic E-state index is 11.5. The first-order valence-electron chi connectivity index (χ1n) is 5.83. The Kier molecular flexibility index (Phi) is 6.01. The smallest absolute Gasteiger partial charge is 0.220 e. The second-order valence-corrected chi connectivity index (χ2v) is 4.71. The molecule has 0 aliphatic carbocycles. The summed E-state index contributed by atoms with van der Waals surface area (Å²) in [5.41, 5.74) is 6.60. The van der Waals surface area contributed by atoms with Crippen LogP contribution in [0.2, 0.25) is 5.02 Å². The highest BCUT2D eigenvalue weighted by Gasteiger charge is 2.04. The molecule has 0 aromatic heterocycles. The van der Waals surface area contributed by atoms with Gasteiger partial charge in [0, 0.05) is 18.0 Å². The fourth-order valence-electron chi connectivity index (χ4n) is 1.37. The van der Waals surface area contributed by atoms with Gasteiger partial charge in [0.1, 0.15) is 0 Å². The van der Waals surface area contributed by atoms with Gasteiger partial charge in [-0.15, -0.1) is 0 Å². The van der Waals surface area contributed by atoms with Crippen molar-refractivity contribution in [1.29, 1.82) is 0 Å². The highest BCUT2D eigenvalue weighted by atomic mass is 35.5. The molecule has 3 nitrogen and oxygen atoms in total. The van der Waals surface area contributed by atoms with Gasteiger partial charge in [-0.25, -0.2) is 0 Å². The number of aryl methyl sites for hydroxylation is 1. The van der Waals surface area contributed by atoms with Crippen molar-refractivity contribution in [2.24, 2.45) is 11.7 Å². The zero-order chi connectivity index (χ0) is 12.7. The summed E-state index contributed by atoms with van der Waals surface area (Å²) in [6.45, 7) is 3.26. The molecule has 0 saturated heterocycles. The third-order valence-corrected chi connectivity index (χ3v) is 2.86. The minimum Gasteiger partial charge on any atom is -0.356 e. The second kappa shape index (κ2) is 7.30. The van der Waals surface area contributed by atoms with E-state index in [1.165, 1.54) is 0 Å². The summed E-state index contributed by atoms with van der Waals surface area (Å²) in [6.07, 6.45) is 1.24. The van der Waals surface area contributed by atoms with Crippen LogP contribution in [-0.4, -0.2) is 19.0 Å². The topological polar surface area (TPSA) is 55.1 Å². The molecule has 0 radical (unpaired) electrons. The highest BCUT2D eigenvalue weighted by Crippen LogP contribution is 2.10. The molecule has 1 unspecified atom stereocenters. The van der Waals surface area contributed by atoms with E-state index in [1.54, 1.807) is 0 Å². The summed E-state index contributed by atoms with van der Waals surface area (Å²) in [5.74, 6) is 0.398. The normalized spacial score (nSPS) is 12.2. The zero-order valence-electron chi connectivity index (χ0n) is 10.1. The molecule has 1 aromatic rings. The number of hydrogen-bond donors (Lipinski definition) is 2. The van der Waals surface area contributed by atoms with Gasteiger partial charge in [-0.2, -0.15) is 0 Å². The van der Waals surface area contributed by atoms with Crippen LogP contribution in [-0.2, 0) is 11.2 Å². The molecule has 0 aliphatic rings. The number of amides is 1. The zero-order valence-corrected chi connectivity index (χ0v) is 10.8. The van der Waals surface area contributed by atoms with Crippen LogP contribution in [0.5, 0.6) is 0 Å². The van der Waals surface area contributed by atoms with Crippen LogP contribution >= 0.6 is 11.6 Å². The van der Waals surface area contributed by atoms with Crippen molar-refractivity contribution in [2.45, 2.75) is 19.8 Å². The SMILES string of the molecule is CC(CN)CNC(=O)CCc1ccc(Cl)cc1. The predicted octanol–water partition coefficient (Wildman–Crippen LogP) is 1.98. The number of benzene rings is 1. The predicted molar refractivity (Wildman–Crippen MR) is 71.0 cm³/mol. The number of rotatable bonds is 6. The molecule has 0 bridgehead atoms. The minimum absolute atomic E-state index is 0.0697. The van der Waals surface area contributed by atoms with Crippen LogP contribution in [0, 0.1) is 5.92 Å². The van der Waals surface area contributed by atoms with Gasteiger partial charge in [-0.05, 0) is 36.6 Å². The number of carbonyl (C=O) groups is 1. The first-order chi connectivity index (χ1) is 8.11. The van der Waals surface area contributed by atoms with Crippen molar-refractivity contribution in [1.82, 2.24) is 5.32 Å². The Labute approximate surface area is 107 Å². The van der Waals surface area contributed by atoms with Crippen molar-refractivity contribution in [3.05, 3.63) is 34.9 Å². The molecule has 0 fully saturated rings. The molecular formula is C13H19ClN2O. The summed E-state index contributed by atoms with van der Waals surface area (Å²) in [6, 6.07) is 7.56. The summed E-state index contributed by atoms with van der Waals surface area (Å²) in [7, 11) is 0. The van der Waals surface area contributed by atoms with Crippen LogP contribution in [0.3, 0.4) is 0 Å². The van der Waals surface area contributed by atoms with Crippen LogP contribution < -0.4 is 11.1 Å². The van der Waals surface area contributed by atoms with E-state index in [0.29, 0.717) is 25.4 Å². The van der Waals surface area contributed by atoms with Crippen molar-refractivity contribution < 1.29 is 4.79 Å². The first kappa shape index (κ1) is 14.0. The molecule has 0 saturated carbocycles. The molecule has 0 aliphatic heterocycles. The molecule has 0 spiro atoms. The van der Waals surface area contributed by atoms with Crippen molar-refractivity contribution in [3.63, 3.8) is 0 Å². The standard InChI is InChI=1S/C13H19ClN2O/c1-10(8-15)9-16-13(17)7-4-11-2-5-12(14)6-3-11/h2-3,5-6,10H,4,7-9,15H2,1H3,(H,16,17). The Morgan fingerprint density at radius 3 is 2.65 bits per heavy atom.